The van der Waals surface area contributed by atoms with Gasteiger partial charge in [0.25, 0.3) is 5.91 Å². The predicted molar refractivity (Wildman–Crippen MR) is 97.1 cm³/mol. The van der Waals surface area contributed by atoms with Crippen LogP contribution >= 0.6 is 0 Å². The Balaban J connectivity index is 1.97. The number of halogens is 3. The van der Waals surface area contributed by atoms with Crippen molar-refractivity contribution in [3.63, 3.8) is 0 Å². The topological polar surface area (TPSA) is 84.7 Å². The number of carbonyl (C=O) groups is 1. The lowest BCUT2D eigenvalue weighted by Gasteiger charge is -2.19. The van der Waals surface area contributed by atoms with Crippen LogP contribution in [0.5, 0.6) is 0 Å². The minimum absolute atomic E-state index is 0.320. The molecule has 1 amide bonds. The van der Waals surface area contributed by atoms with E-state index >= 15 is 0 Å². The Bertz CT molecular complexity index is 848. The molecular formula is C19H19F3N4O. The van der Waals surface area contributed by atoms with Crippen molar-refractivity contribution < 1.29 is 18.0 Å². The molecule has 27 heavy (non-hydrogen) atoms. The van der Waals surface area contributed by atoms with Gasteiger partial charge in [0.15, 0.2) is 5.96 Å². The maximum absolute atomic E-state index is 13.1. The molecule has 0 spiro atoms. The summed E-state index contributed by atoms with van der Waals surface area (Å²) in [5, 5.41) is 0. The monoisotopic (exact) mass is 376 g/mol. The van der Waals surface area contributed by atoms with E-state index in [0.29, 0.717) is 18.7 Å². The number of aliphatic imine (C=N–C) groups is 1. The van der Waals surface area contributed by atoms with E-state index in [1.165, 1.54) is 6.07 Å². The highest BCUT2D eigenvalue weighted by atomic mass is 19.4. The number of carbonyl (C=O) groups excluding carboxylic acids is 1. The summed E-state index contributed by atoms with van der Waals surface area (Å²) < 4.78 is 39.3. The summed E-state index contributed by atoms with van der Waals surface area (Å²) in [4.78, 5) is 18.1. The number of hydrogen-bond donors (Lipinski definition) is 2. The van der Waals surface area contributed by atoms with Crippen LogP contribution in [0.1, 0.15) is 17.0 Å². The molecule has 1 fully saturated rings. The molecule has 0 aromatic heterocycles. The van der Waals surface area contributed by atoms with Crippen LogP contribution in [-0.4, -0.2) is 25.0 Å². The molecule has 0 aliphatic carbocycles. The third kappa shape index (κ3) is 4.21. The van der Waals surface area contributed by atoms with Crippen LogP contribution in [0.15, 0.2) is 59.6 Å². The molecule has 1 aliphatic rings. The van der Waals surface area contributed by atoms with E-state index in [-0.39, 0.29) is 5.96 Å². The maximum atomic E-state index is 13.1. The zero-order valence-electron chi connectivity index (χ0n) is 14.4. The molecule has 3 rings (SSSR count). The van der Waals surface area contributed by atoms with Crippen molar-refractivity contribution in [1.82, 2.24) is 0 Å². The minimum Gasteiger partial charge on any atom is -0.370 e. The number of amides is 1. The van der Waals surface area contributed by atoms with Crippen molar-refractivity contribution in [3.05, 3.63) is 65.7 Å². The smallest absolute Gasteiger partial charge is 0.370 e. The summed E-state index contributed by atoms with van der Waals surface area (Å²) in [5.74, 6) is -1.99. The zero-order valence-corrected chi connectivity index (χ0v) is 14.4. The van der Waals surface area contributed by atoms with E-state index in [1.807, 2.05) is 35.2 Å². The molecule has 4 N–H and O–H groups in total. The second-order valence-electron chi connectivity index (χ2n) is 6.45. The number of benzene rings is 2. The average Bonchev–Trinajstić information content (AvgIpc) is 3.07. The maximum Gasteiger partial charge on any atom is 0.416 e. The highest BCUT2D eigenvalue weighted by Crippen LogP contribution is 2.38. The predicted octanol–water partition coefficient (Wildman–Crippen LogP) is 2.73. The summed E-state index contributed by atoms with van der Waals surface area (Å²) >= 11 is 0. The van der Waals surface area contributed by atoms with Crippen LogP contribution in [0.4, 0.5) is 18.9 Å². The summed E-state index contributed by atoms with van der Waals surface area (Å²) in [6.45, 7) is 0.711. The first-order chi connectivity index (χ1) is 12.8. The second-order valence-corrected chi connectivity index (χ2v) is 6.45. The third-order valence-corrected chi connectivity index (χ3v) is 4.64. The van der Waals surface area contributed by atoms with E-state index < -0.39 is 29.5 Å². The van der Waals surface area contributed by atoms with E-state index in [1.54, 1.807) is 6.07 Å². The lowest BCUT2D eigenvalue weighted by molar-refractivity contribution is -0.137. The minimum atomic E-state index is -4.45. The van der Waals surface area contributed by atoms with Gasteiger partial charge in [-0.3, -0.25) is 4.79 Å². The van der Waals surface area contributed by atoms with Crippen LogP contribution < -0.4 is 16.4 Å². The van der Waals surface area contributed by atoms with Gasteiger partial charge in [0.1, 0.15) is 0 Å². The number of alkyl halides is 3. The van der Waals surface area contributed by atoms with Gasteiger partial charge in [-0.15, -0.1) is 0 Å². The van der Waals surface area contributed by atoms with Gasteiger partial charge in [-0.25, -0.2) is 0 Å². The Kier molecular flexibility index (Phi) is 5.07. The molecule has 0 radical (unpaired) electrons. The van der Waals surface area contributed by atoms with Gasteiger partial charge in [0, 0.05) is 24.7 Å². The molecule has 2 atom stereocenters. The lowest BCUT2D eigenvalue weighted by atomic mass is 9.87. The Morgan fingerprint density at radius 1 is 1.04 bits per heavy atom. The number of anilines is 1. The fourth-order valence-corrected chi connectivity index (χ4v) is 3.40. The second kappa shape index (κ2) is 7.30. The highest BCUT2D eigenvalue weighted by Gasteiger charge is 2.40. The van der Waals surface area contributed by atoms with Gasteiger partial charge >= 0.3 is 6.18 Å². The van der Waals surface area contributed by atoms with E-state index in [0.717, 1.165) is 17.8 Å². The van der Waals surface area contributed by atoms with E-state index in [2.05, 4.69) is 4.99 Å². The standard InChI is InChI=1S/C19H19F3N4O/c20-19(21,22)13-6-4-5-12(9-13)15-10-26(14-7-2-1-3-8-14)11-16(15)17(27)25-18(23)24/h1-9,15-16H,10-11H2,(H4,23,24,25,27)/t15-,16+/m1/s1. The number of para-hydroxylation sites is 1. The summed E-state index contributed by atoms with van der Waals surface area (Å²) in [6.07, 6.45) is -4.45. The van der Waals surface area contributed by atoms with Crippen molar-refractivity contribution in [2.24, 2.45) is 22.4 Å². The average molecular weight is 376 g/mol. The molecule has 5 nitrogen and oxygen atoms in total. The Labute approximate surface area is 154 Å². The molecule has 1 aliphatic heterocycles. The number of hydrogen-bond acceptors (Lipinski definition) is 2. The van der Waals surface area contributed by atoms with Crippen molar-refractivity contribution in [3.8, 4) is 0 Å². The fourth-order valence-electron chi connectivity index (χ4n) is 3.40. The highest BCUT2D eigenvalue weighted by molar-refractivity contribution is 5.93. The largest absolute Gasteiger partial charge is 0.416 e. The molecule has 142 valence electrons. The van der Waals surface area contributed by atoms with Gasteiger partial charge in [-0.05, 0) is 23.8 Å². The Morgan fingerprint density at radius 2 is 1.74 bits per heavy atom. The molecule has 0 bridgehead atoms. The summed E-state index contributed by atoms with van der Waals surface area (Å²) in [6, 6.07) is 14.4. The molecular weight excluding hydrogens is 357 g/mol. The summed E-state index contributed by atoms with van der Waals surface area (Å²) in [7, 11) is 0. The third-order valence-electron chi connectivity index (χ3n) is 4.64. The fraction of sp³-hybridized carbons (Fsp3) is 0.263. The first kappa shape index (κ1) is 18.8. The van der Waals surface area contributed by atoms with Crippen molar-refractivity contribution in [1.29, 1.82) is 0 Å². The number of rotatable bonds is 3. The van der Waals surface area contributed by atoms with Gasteiger partial charge in [0.05, 0.1) is 11.5 Å². The van der Waals surface area contributed by atoms with Gasteiger partial charge < -0.3 is 16.4 Å². The van der Waals surface area contributed by atoms with Gasteiger partial charge in [-0.2, -0.15) is 18.2 Å². The molecule has 2 aromatic carbocycles. The lowest BCUT2D eigenvalue weighted by Crippen LogP contribution is -2.28. The Hall–Kier alpha value is -3.03. The Morgan fingerprint density at radius 3 is 2.37 bits per heavy atom. The first-order valence-electron chi connectivity index (χ1n) is 8.36. The number of nitrogens with two attached hydrogens (primary N) is 2. The summed E-state index contributed by atoms with van der Waals surface area (Å²) in [5.41, 5.74) is 11.2. The van der Waals surface area contributed by atoms with Crippen LogP contribution in [0.25, 0.3) is 0 Å². The van der Waals surface area contributed by atoms with Crippen LogP contribution in [0.3, 0.4) is 0 Å². The number of guanidine groups is 1. The van der Waals surface area contributed by atoms with E-state index in [4.69, 9.17) is 11.5 Å². The quantitative estimate of drug-likeness (QED) is 0.637. The van der Waals surface area contributed by atoms with Gasteiger partial charge in [-0.1, -0.05) is 36.4 Å². The molecule has 1 heterocycles. The molecule has 2 aromatic rings. The molecule has 1 saturated heterocycles. The van der Waals surface area contributed by atoms with Crippen LogP contribution in [0, 0.1) is 5.92 Å². The molecule has 0 saturated carbocycles. The molecule has 0 unspecified atom stereocenters. The van der Waals surface area contributed by atoms with Crippen molar-refractivity contribution in [2.75, 3.05) is 18.0 Å². The van der Waals surface area contributed by atoms with Crippen LogP contribution in [0.2, 0.25) is 0 Å². The SMILES string of the molecule is NC(N)=NC(=O)[C@H]1CN(c2ccccc2)C[C@@H]1c1cccc(C(F)(F)F)c1. The zero-order chi connectivity index (χ0) is 19.6. The van der Waals surface area contributed by atoms with Crippen molar-refractivity contribution in [2.45, 2.75) is 12.1 Å². The number of nitrogens with zero attached hydrogens (tertiary/aromatic N) is 2. The van der Waals surface area contributed by atoms with E-state index in [9.17, 15) is 18.0 Å². The normalized spacial score (nSPS) is 19.7. The van der Waals surface area contributed by atoms with Gasteiger partial charge in [0.2, 0.25) is 0 Å². The van der Waals surface area contributed by atoms with Crippen LogP contribution in [-0.2, 0) is 11.0 Å². The molecule has 8 heteroatoms. The first-order valence-corrected chi connectivity index (χ1v) is 8.36. The van der Waals surface area contributed by atoms with Crippen molar-refractivity contribution >= 4 is 17.6 Å².